The standard InChI is InChI=1S/C10H15N5O10P2S/c11-10-13-7-4(8(28)14-10)12-2-15(7)9-6(17)5(16)3(24-9)1-23-27(21,22)25-26(18,19)20/h2-3,5-6,9,16-17H,1H2,(H,21,22)(H2,18,19,20)(H3,11,13,14,28). The van der Waals surface area contributed by atoms with Crippen LogP contribution in [0.3, 0.4) is 0 Å². The SMILES string of the molecule is Nc1nc(=S)c2ncn(C3OC(COP(=O)(O)OP(=O)(O)O)C(O)C3O)c2[nH]1. The maximum absolute atomic E-state index is 11.5. The van der Waals surface area contributed by atoms with E-state index in [1.165, 1.54) is 10.9 Å². The van der Waals surface area contributed by atoms with Crippen molar-refractivity contribution in [2.24, 2.45) is 0 Å². The van der Waals surface area contributed by atoms with Crippen molar-refractivity contribution in [2.45, 2.75) is 24.5 Å². The number of rotatable bonds is 6. The molecular weight excluding hydrogens is 444 g/mol. The maximum atomic E-state index is 11.5. The van der Waals surface area contributed by atoms with Crippen LogP contribution < -0.4 is 5.73 Å². The third-order valence-corrected chi connectivity index (χ3v) is 6.12. The average Bonchev–Trinajstić information content (AvgIpc) is 3.06. The van der Waals surface area contributed by atoms with Crippen molar-refractivity contribution in [3.05, 3.63) is 11.0 Å². The van der Waals surface area contributed by atoms with E-state index in [9.17, 15) is 24.2 Å². The molecule has 5 unspecified atom stereocenters. The number of aliphatic hydroxyl groups is 2. The number of nitrogen functional groups attached to an aromatic ring is 1. The van der Waals surface area contributed by atoms with E-state index in [1.54, 1.807) is 0 Å². The van der Waals surface area contributed by atoms with E-state index < -0.39 is 46.8 Å². The van der Waals surface area contributed by atoms with Crippen LogP contribution in [0, 0.1) is 4.64 Å². The van der Waals surface area contributed by atoms with Gasteiger partial charge in [-0.05, 0) is 0 Å². The highest BCUT2D eigenvalue weighted by Crippen LogP contribution is 2.57. The van der Waals surface area contributed by atoms with Crippen LogP contribution >= 0.6 is 27.9 Å². The molecular formula is C10H15N5O10P2S. The molecule has 156 valence electrons. The number of aromatic amines is 1. The Labute approximate surface area is 160 Å². The van der Waals surface area contributed by atoms with Crippen LogP contribution in [0.2, 0.25) is 0 Å². The Hall–Kier alpha value is -1.29. The number of anilines is 1. The first kappa shape index (κ1) is 21.4. The smallest absolute Gasteiger partial charge is 0.387 e. The summed E-state index contributed by atoms with van der Waals surface area (Å²) in [6.45, 7) is -0.825. The Morgan fingerprint density at radius 3 is 2.64 bits per heavy atom. The summed E-state index contributed by atoms with van der Waals surface area (Å²) < 4.78 is 37.0. The van der Waals surface area contributed by atoms with Crippen molar-refractivity contribution < 1.29 is 47.6 Å². The number of nitrogens with zero attached hydrogens (tertiary/aromatic N) is 3. The fraction of sp³-hybridized carbons (Fsp3) is 0.500. The van der Waals surface area contributed by atoms with Gasteiger partial charge in [-0.2, -0.15) is 4.31 Å². The number of ether oxygens (including phenoxy) is 1. The summed E-state index contributed by atoms with van der Waals surface area (Å²) in [6.07, 6.45) is -4.43. The van der Waals surface area contributed by atoms with Gasteiger partial charge in [-0.15, -0.1) is 0 Å². The van der Waals surface area contributed by atoms with Gasteiger partial charge in [0, 0.05) is 0 Å². The zero-order chi connectivity index (χ0) is 20.9. The van der Waals surface area contributed by atoms with Crippen molar-refractivity contribution in [2.75, 3.05) is 12.3 Å². The van der Waals surface area contributed by atoms with Gasteiger partial charge in [0.2, 0.25) is 0 Å². The van der Waals surface area contributed by atoms with Crippen LogP contribution in [-0.2, 0) is 22.7 Å². The minimum Gasteiger partial charge on any atom is -0.387 e. The number of nitrogens with one attached hydrogen (secondary N) is 1. The molecule has 3 heterocycles. The lowest BCUT2D eigenvalue weighted by Crippen LogP contribution is -2.33. The minimum atomic E-state index is -5.30. The number of fused-ring (bicyclic) bond motifs is 1. The average molecular weight is 459 g/mol. The van der Waals surface area contributed by atoms with Crippen molar-refractivity contribution in [3.8, 4) is 0 Å². The lowest BCUT2D eigenvalue weighted by Gasteiger charge is -2.17. The van der Waals surface area contributed by atoms with Gasteiger partial charge in [0.25, 0.3) is 0 Å². The van der Waals surface area contributed by atoms with Gasteiger partial charge in [0.05, 0.1) is 12.9 Å². The predicted octanol–water partition coefficient (Wildman–Crippen LogP) is -1.08. The molecule has 15 nitrogen and oxygen atoms in total. The highest BCUT2D eigenvalue weighted by atomic mass is 32.1. The Balaban J connectivity index is 1.79. The predicted molar refractivity (Wildman–Crippen MR) is 92.0 cm³/mol. The van der Waals surface area contributed by atoms with E-state index in [0.717, 1.165) is 0 Å². The third-order valence-electron chi connectivity index (χ3n) is 3.69. The van der Waals surface area contributed by atoms with Crippen LogP contribution in [0.25, 0.3) is 11.2 Å². The molecule has 1 fully saturated rings. The fourth-order valence-corrected chi connectivity index (χ4v) is 4.42. The summed E-state index contributed by atoms with van der Waals surface area (Å²) in [7, 11) is -10.4. The second-order valence-electron chi connectivity index (χ2n) is 5.66. The molecule has 2 aromatic heterocycles. The Kier molecular flexibility index (Phi) is 5.75. The molecule has 0 spiro atoms. The van der Waals surface area contributed by atoms with Gasteiger partial charge in [-0.1, -0.05) is 12.2 Å². The molecule has 0 bridgehead atoms. The van der Waals surface area contributed by atoms with Gasteiger partial charge < -0.3 is 40.3 Å². The summed E-state index contributed by atoms with van der Waals surface area (Å²) in [6, 6.07) is 0. The summed E-state index contributed by atoms with van der Waals surface area (Å²) in [4.78, 5) is 37.0. The monoisotopic (exact) mass is 459 g/mol. The Morgan fingerprint density at radius 1 is 1.32 bits per heavy atom. The Bertz CT molecular complexity index is 1040. The molecule has 0 saturated carbocycles. The summed E-state index contributed by atoms with van der Waals surface area (Å²) in [5, 5.41) is 20.4. The van der Waals surface area contributed by atoms with E-state index in [1.807, 2.05) is 0 Å². The van der Waals surface area contributed by atoms with E-state index in [-0.39, 0.29) is 21.8 Å². The molecule has 1 aliphatic rings. The normalized spacial score (nSPS) is 27.9. The van der Waals surface area contributed by atoms with Gasteiger partial charge in [-0.25, -0.2) is 19.1 Å². The van der Waals surface area contributed by atoms with Gasteiger partial charge >= 0.3 is 15.6 Å². The summed E-state index contributed by atoms with van der Waals surface area (Å²) >= 11 is 5.03. The summed E-state index contributed by atoms with van der Waals surface area (Å²) in [5.74, 6) is -0.0250. The minimum absolute atomic E-state index is 0.0250. The fourth-order valence-electron chi connectivity index (χ4n) is 2.57. The second-order valence-corrected chi connectivity index (χ2v) is 8.88. The van der Waals surface area contributed by atoms with Crippen molar-refractivity contribution in [3.63, 3.8) is 0 Å². The number of aromatic nitrogens is 4. The van der Waals surface area contributed by atoms with Crippen molar-refractivity contribution in [1.29, 1.82) is 0 Å². The van der Waals surface area contributed by atoms with Crippen LogP contribution in [-0.4, -0.2) is 69.3 Å². The first-order valence-corrected chi connectivity index (χ1v) is 10.8. The number of H-pyrrole nitrogens is 1. The molecule has 8 N–H and O–H groups in total. The van der Waals surface area contributed by atoms with Crippen molar-refractivity contribution >= 4 is 45.0 Å². The molecule has 2 aromatic rings. The molecule has 1 saturated heterocycles. The molecule has 0 aliphatic carbocycles. The maximum Gasteiger partial charge on any atom is 0.481 e. The van der Waals surface area contributed by atoms with Crippen LogP contribution in [0.15, 0.2) is 6.33 Å². The van der Waals surface area contributed by atoms with Gasteiger partial charge in [0.1, 0.15) is 29.5 Å². The third kappa shape index (κ3) is 4.48. The quantitative estimate of drug-likeness (QED) is 0.201. The Morgan fingerprint density at radius 2 is 2.00 bits per heavy atom. The van der Waals surface area contributed by atoms with E-state index in [4.69, 9.17) is 32.5 Å². The molecule has 18 heteroatoms. The van der Waals surface area contributed by atoms with E-state index in [0.29, 0.717) is 0 Å². The number of hydrogen-bond donors (Lipinski definition) is 7. The first-order valence-electron chi connectivity index (χ1n) is 7.36. The number of imidazole rings is 1. The lowest BCUT2D eigenvalue weighted by atomic mass is 10.1. The topological polar surface area (TPSA) is 235 Å². The van der Waals surface area contributed by atoms with Crippen molar-refractivity contribution in [1.82, 2.24) is 19.5 Å². The molecule has 0 amide bonds. The number of aliphatic hydroxyl groups excluding tert-OH is 2. The number of hydrogen-bond acceptors (Lipinski definition) is 11. The number of phosphoric ester groups is 1. The highest BCUT2D eigenvalue weighted by Gasteiger charge is 2.45. The molecule has 28 heavy (non-hydrogen) atoms. The molecule has 5 atom stereocenters. The molecule has 3 rings (SSSR count). The number of nitrogens with two attached hydrogens (primary N) is 1. The van der Waals surface area contributed by atoms with Gasteiger partial charge in [-0.3, -0.25) is 9.09 Å². The zero-order valence-electron chi connectivity index (χ0n) is 13.6. The zero-order valence-corrected chi connectivity index (χ0v) is 16.2. The van der Waals surface area contributed by atoms with Crippen LogP contribution in [0.4, 0.5) is 5.95 Å². The molecule has 0 radical (unpaired) electrons. The molecule has 1 aliphatic heterocycles. The molecule has 0 aromatic carbocycles. The van der Waals surface area contributed by atoms with Crippen LogP contribution in [0.5, 0.6) is 0 Å². The van der Waals surface area contributed by atoms with Crippen LogP contribution in [0.1, 0.15) is 6.23 Å². The van der Waals surface area contributed by atoms with E-state index >= 15 is 0 Å². The van der Waals surface area contributed by atoms with E-state index in [2.05, 4.69) is 23.8 Å². The lowest BCUT2D eigenvalue weighted by molar-refractivity contribution is -0.0503. The van der Waals surface area contributed by atoms with Gasteiger partial charge in [0.15, 0.2) is 16.8 Å². The largest absolute Gasteiger partial charge is 0.481 e. The second kappa shape index (κ2) is 7.51. The number of phosphoric acid groups is 2. The highest BCUT2D eigenvalue weighted by molar-refractivity contribution is 7.71. The summed E-state index contributed by atoms with van der Waals surface area (Å²) in [5.41, 5.74) is 6.10. The first-order chi connectivity index (χ1) is 12.9.